The molecule has 0 saturated heterocycles. The molecule has 5 N–H and O–H groups in total. The van der Waals surface area contributed by atoms with Gasteiger partial charge in [-0.1, -0.05) is 35.9 Å². The van der Waals surface area contributed by atoms with E-state index in [1.807, 2.05) is 0 Å². The predicted molar refractivity (Wildman–Crippen MR) is 174 cm³/mol. The molecule has 0 radical (unpaired) electrons. The summed E-state index contributed by atoms with van der Waals surface area (Å²) in [5, 5.41) is 12.5. The minimum atomic E-state index is -3.55. The number of hydrogen-bond donors (Lipinski definition) is 5. The lowest BCUT2D eigenvalue weighted by molar-refractivity contribution is 0.586. The summed E-state index contributed by atoms with van der Waals surface area (Å²) < 4.78 is 52.7. The average Bonchev–Trinajstić information content (AvgIpc) is 3.03. The van der Waals surface area contributed by atoms with E-state index < -0.39 is 20.0 Å². The van der Waals surface area contributed by atoms with E-state index in [2.05, 4.69) is 45.8 Å². The summed E-state index contributed by atoms with van der Waals surface area (Å²) in [5.41, 5.74) is 9.09. The molecule has 44 heavy (non-hydrogen) atoms. The molecule has 0 fully saturated rings. The van der Waals surface area contributed by atoms with Crippen LogP contribution in [0.1, 0.15) is 25.0 Å². The molecule has 4 aromatic rings. The van der Waals surface area contributed by atoms with Crippen molar-refractivity contribution < 1.29 is 16.8 Å². The van der Waals surface area contributed by atoms with Crippen LogP contribution in [-0.2, 0) is 20.0 Å². The molecule has 13 nitrogen and oxygen atoms in total. The van der Waals surface area contributed by atoms with Crippen LogP contribution in [-0.4, -0.2) is 52.3 Å². The van der Waals surface area contributed by atoms with Gasteiger partial charge in [-0.05, 0) is 87.6 Å². The second-order valence-corrected chi connectivity index (χ2v) is 13.4. The van der Waals surface area contributed by atoms with Crippen molar-refractivity contribution in [2.75, 3.05) is 30.3 Å². The van der Waals surface area contributed by atoms with Crippen LogP contribution in [0.25, 0.3) is 0 Å². The van der Waals surface area contributed by atoms with Gasteiger partial charge in [0.05, 0.1) is 21.2 Å². The molecule has 1 aromatic heterocycles. The van der Waals surface area contributed by atoms with Crippen molar-refractivity contribution in [3.63, 3.8) is 0 Å². The standard InChI is InChI=1S/C28H30ClN9O4S2/c1-18(20-5-13-24(14-6-20)43(39,40)30-3)35-37-26-17-27(34-28(33-26)32-23-11-9-22(29)10-12-23)38-36-19(2)21-7-15-25(16-8-21)44(41,42)31-4/h5-17,30-31H,1-4H3,(H3,32,33,34,37,38). The first-order valence-corrected chi connectivity index (χ1v) is 16.3. The summed E-state index contributed by atoms with van der Waals surface area (Å²) in [6.45, 7) is 3.53. The van der Waals surface area contributed by atoms with E-state index in [0.717, 1.165) is 0 Å². The number of anilines is 4. The van der Waals surface area contributed by atoms with Gasteiger partial charge in [-0.15, -0.1) is 0 Å². The Kier molecular flexibility index (Phi) is 10.3. The molecule has 0 aliphatic heterocycles. The summed E-state index contributed by atoms with van der Waals surface area (Å²) in [7, 11) is -4.40. The van der Waals surface area contributed by atoms with E-state index >= 15 is 0 Å². The molecule has 0 spiro atoms. The molecular weight excluding hydrogens is 626 g/mol. The van der Waals surface area contributed by atoms with Gasteiger partial charge in [-0.25, -0.2) is 26.3 Å². The molecule has 0 unspecified atom stereocenters. The zero-order valence-electron chi connectivity index (χ0n) is 24.1. The highest BCUT2D eigenvalue weighted by molar-refractivity contribution is 7.89. The van der Waals surface area contributed by atoms with Crippen molar-refractivity contribution in [3.8, 4) is 0 Å². The summed E-state index contributed by atoms with van der Waals surface area (Å²) in [4.78, 5) is 9.26. The Morgan fingerprint density at radius 2 is 1.07 bits per heavy atom. The molecule has 230 valence electrons. The topological polar surface area (TPSA) is 179 Å². The first-order chi connectivity index (χ1) is 20.9. The number of hydrogen-bond acceptors (Lipinski definition) is 11. The third kappa shape index (κ3) is 8.36. The molecular formula is C28H30ClN9O4S2. The third-order valence-electron chi connectivity index (χ3n) is 6.21. The van der Waals surface area contributed by atoms with Crippen LogP contribution < -0.4 is 25.6 Å². The molecule has 0 bridgehead atoms. The van der Waals surface area contributed by atoms with Gasteiger partial charge in [-0.2, -0.15) is 20.2 Å². The number of nitrogens with one attached hydrogen (secondary N) is 5. The molecule has 4 rings (SSSR count). The van der Waals surface area contributed by atoms with E-state index in [0.29, 0.717) is 44.9 Å². The van der Waals surface area contributed by atoms with Crippen LogP contribution in [0.5, 0.6) is 0 Å². The molecule has 0 saturated carbocycles. The molecule has 0 atom stereocenters. The van der Waals surface area contributed by atoms with Gasteiger partial charge in [0.15, 0.2) is 11.6 Å². The highest BCUT2D eigenvalue weighted by atomic mass is 35.5. The Labute approximate surface area is 261 Å². The number of rotatable bonds is 12. The van der Waals surface area contributed by atoms with Gasteiger partial charge in [0.25, 0.3) is 0 Å². The van der Waals surface area contributed by atoms with Crippen LogP contribution in [0, 0.1) is 0 Å². The summed E-state index contributed by atoms with van der Waals surface area (Å²) >= 11 is 6.01. The van der Waals surface area contributed by atoms with E-state index in [4.69, 9.17) is 11.6 Å². The van der Waals surface area contributed by atoms with Crippen LogP contribution in [0.3, 0.4) is 0 Å². The van der Waals surface area contributed by atoms with Gasteiger partial charge in [0.2, 0.25) is 26.0 Å². The van der Waals surface area contributed by atoms with Crippen molar-refractivity contribution in [2.45, 2.75) is 23.6 Å². The number of nitrogens with zero attached hydrogens (tertiary/aromatic N) is 4. The summed E-state index contributed by atoms with van der Waals surface area (Å²) in [6.07, 6.45) is 0. The molecule has 16 heteroatoms. The van der Waals surface area contributed by atoms with Crippen LogP contribution >= 0.6 is 11.6 Å². The monoisotopic (exact) mass is 655 g/mol. The lowest BCUT2D eigenvalue weighted by atomic mass is 10.1. The highest BCUT2D eigenvalue weighted by Gasteiger charge is 2.13. The Morgan fingerprint density at radius 1 is 0.659 bits per heavy atom. The number of hydrazone groups is 2. The van der Waals surface area contributed by atoms with Crippen molar-refractivity contribution in [1.82, 2.24) is 19.4 Å². The van der Waals surface area contributed by atoms with Gasteiger partial charge in [0, 0.05) is 16.8 Å². The minimum Gasteiger partial charge on any atom is -0.324 e. The molecule has 0 aliphatic rings. The van der Waals surface area contributed by atoms with Gasteiger partial charge < -0.3 is 5.32 Å². The zero-order chi connectivity index (χ0) is 31.9. The third-order valence-corrected chi connectivity index (χ3v) is 9.32. The largest absolute Gasteiger partial charge is 0.324 e. The minimum absolute atomic E-state index is 0.142. The number of halogens is 1. The van der Waals surface area contributed by atoms with E-state index in [9.17, 15) is 16.8 Å². The summed E-state index contributed by atoms with van der Waals surface area (Å²) in [5.74, 6) is 0.910. The molecule has 0 amide bonds. The Balaban J connectivity index is 1.58. The van der Waals surface area contributed by atoms with Crippen molar-refractivity contribution >= 4 is 66.3 Å². The van der Waals surface area contributed by atoms with Crippen LogP contribution in [0.2, 0.25) is 5.02 Å². The second kappa shape index (κ2) is 13.9. The van der Waals surface area contributed by atoms with Crippen LogP contribution in [0.4, 0.5) is 23.3 Å². The van der Waals surface area contributed by atoms with E-state index in [1.165, 1.54) is 38.4 Å². The smallest absolute Gasteiger partial charge is 0.240 e. The maximum absolute atomic E-state index is 12.0. The molecule has 1 heterocycles. The Morgan fingerprint density at radius 3 is 1.45 bits per heavy atom. The lowest BCUT2D eigenvalue weighted by Crippen LogP contribution is -2.18. The lowest BCUT2D eigenvalue weighted by Gasteiger charge is -2.11. The first-order valence-electron chi connectivity index (χ1n) is 13.0. The summed E-state index contributed by atoms with van der Waals surface area (Å²) in [6, 6.07) is 21.2. The maximum atomic E-state index is 12.0. The fraction of sp³-hybridized carbons (Fsp3) is 0.143. The average molecular weight is 656 g/mol. The van der Waals surface area contributed by atoms with Crippen molar-refractivity contribution in [3.05, 3.63) is 95.0 Å². The maximum Gasteiger partial charge on any atom is 0.240 e. The predicted octanol–water partition coefficient (Wildman–Crippen LogP) is 4.36. The number of sulfonamides is 2. The molecule has 0 aliphatic carbocycles. The zero-order valence-corrected chi connectivity index (χ0v) is 26.5. The SMILES string of the molecule is CNS(=O)(=O)c1ccc(C(C)=NNc2cc(NN=C(C)c3ccc(S(=O)(=O)NC)cc3)nc(Nc3ccc(Cl)cc3)n2)cc1. The first kappa shape index (κ1) is 32.5. The Hall–Kier alpha value is -4.41. The number of benzene rings is 3. The normalized spacial score (nSPS) is 12.6. The van der Waals surface area contributed by atoms with E-state index in [1.54, 1.807) is 68.4 Å². The van der Waals surface area contributed by atoms with Crippen molar-refractivity contribution in [1.29, 1.82) is 0 Å². The van der Waals surface area contributed by atoms with Crippen molar-refractivity contribution in [2.24, 2.45) is 10.2 Å². The van der Waals surface area contributed by atoms with Gasteiger partial charge >= 0.3 is 0 Å². The van der Waals surface area contributed by atoms with E-state index in [-0.39, 0.29) is 15.7 Å². The molecule has 3 aromatic carbocycles. The fourth-order valence-corrected chi connectivity index (χ4v) is 5.26. The number of aromatic nitrogens is 2. The Bertz CT molecular complexity index is 1780. The van der Waals surface area contributed by atoms with Gasteiger partial charge in [0.1, 0.15) is 0 Å². The second-order valence-electron chi connectivity index (χ2n) is 9.18. The van der Waals surface area contributed by atoms with Gasteiger partial charge in [-0.3, -0.25) is 10.9 Å². The quantitative estimate of drug-likeness (QED) is 0.109. The highest BCUT2D eigenvalue weighted by Crippen LogP contribution is 2.21. The van der Waals surface area contributed by atoms with Crippen LogP contribution in [0.15, 0.2) is 98.9 Å². The fourth-order valence-electron chi connectivity index (χ4n) is 3.68.